The molecule has 1 aromatic rings. The smallest absolute Gasteiger partial charge is 0.416 e. The number of halogens is 4. The van der Waals surface area contributed by atoms with Crippen LogP contribution in [-0.2, 0) is 10.9 Å². The maximum atomic E-state index is 13.3. The molecule has 29 heavy (non-hydrogen) atoms. The van der Waals surface area contributed by atoms with Crippen molar-refractivity contribution < 1.29 is 27.1 Å². The summed E-state index contributed by atoms with van der Waals surface area (Å²) >= 11 is 0. The van der Waals surface area contributed by atoms with Gasteiger partial charge in [-0.1, -0.05) is 84.0 Å². The summed E-state index contributed by atoms with van der Waals surface area (Å²) < 4.78 is 56.3. The molecule has 0 aliphatic carbocycles. The molecule has 0 spiro atoms. The standard InChI is InChI=1S/C23H34F4O2/c1-2-3-4-5-6-7-8-9-10-11-12-13-14-15-29-22(28)19-16-20(23(25,26)27)18-21(24)17-19/h16-18H,2-15H2,1H3. The zero-order chi connectivity index (χ0) is 21.5. The second-order valence-corrected chi connectivity index (χ2v) is 7.60. The summed E-state index contributed by atoms with van der Waals surface area (Å²) in [5.41, 5.74) is -1.60. The minimum atomic E-state index is -4.70. The lowest BCUT2D eigenvalue weighted by molar-refractivity contribution is -0.137. The van der Waals surface area contributed by atoms with E-state index in [1.54, 1.807) is 0 Å². The minimum absolute atomic E-state index is 0.133. The highest BCUT2D eigenvalue weighted by atomic mass is 19.4. The van der Waals surface area contributed by atoms with Gasteiger partial charge in [0.1, 0.15) is 5.82 Å². The Morgan fingerprint density at radius 2 is 1.28 bits per heavy atom. The van der Waals surface area contributed by atoms with Gasteiger partial charge in [0.2, 0.25) is 0 Å². The van der Waals surface area contributed by atoms with Crippen LogP contribution >= 0.6 is 0 Å². The first-order chi connectivity index (χ1) is 13.8. The summed E-state index contributed by atoms with van der Waals surface area (Å²) in [5.74, 6) is -2.03. The molecule has 1 aromatic carbocycles. The van der Waals surface area contributed by atoms with Crippen molar-refractivity contribution in [3.63, 3.8) is 0 Å². The SMILES string of the molecule is CCCCCCCCCCCCCCCOC(=O)c1cc(F)cc(C(F)(F)F)c1. The fourth-order valence-electron chi connectivity index (χ4n) is 3.24. The van der Waals surface area contributed by atoms with Crippen molar-refractivity contribution in [3.8, 4) is 0 Å². The first kappa shape index (κ1) is 25.4. The van der Waals surface area contributed by atoms with Gasteiger partial charge in [0.05, 0.1) is 17.7 Å². The highest BCUT2D eigenvalue weighted by Crippen LogP contribution is 2.30. The first-order valence-corrected chi connectivity index (χ1v) is 10.9. The van der Waals surface area contributed by atoms with Crippen LogP contribution in [0.1, 0.15) is 106 Å². The molecule has 0 saturated carbocycles. The molecule has 166 valence electrons. The minimum Gasteiger partial charge on any atom is -0.462 e. The Morgan fingerprint density at radius 3 is 1.76 bits per heavy atom. The van der Waals surface area contributed by atoms with Crippen molar-refractivity contribution in [3.05, 3.63) is 35.1 Å². The van der Waals surface area contributed by atoms with Gasteiger partial charge in [-0.2, -0.15) is 13.2 Å². The zero-order valence-corrected chi connectivity index (χ0v) is 17.5. The number of hydrogen-bond donors (Lipinski definition) is 0. The van der Waals surface area contributed by atoms with Crippen molar-refractivity contribution in [1.82, 2.24) is 0 Å². The fraction of sp³-hybridized carbons (Fsp3) is 0.696. The van der Waals surface area contributed by atoms with Gasteiger partial charge in [0.15, 0.2) is 0 Å². The molecule has 0 N–H and O–H groups in total. The molecule has 0 aliphatic rings. The third-order valence-corrected chi connectivity index (χ3v) is 4.94. The molecule has 1 rings (SSSR count). The molecule has 6 heteroatoms. The molecule has 0 aromatic heterocycles. The van der Waals surface area contributed by atoms with Crippen LogP contribution in [0, 0.1) is 5.82 Å². The zero-order valence-electron chi connectivity index (χ0n) is 17.5. The molecule has 0 bridgehead atoms. The average molecular weight is 419 g/mol. The lowest BCUT2D eigenvalue weighted by Crippen LogP contribution is -2.11. The molecule has 0 atom stereocenters. The molecule has 0 fully saturated rings. The van der Waals surface area contributed by atoms with Gasteiger partial charge >= 0.3 is 12.1 Å². The molecule has 0 saturated heterocycles. The van der Waals surface area contributed by atoms with Gasteiger partial charge < -0.3 is 4.74 Å². The molecule has 0 amide bonds. The van der Waals surface area contributed by atoms with Gasteiger partial charge in [-0.3, -0.25) is 0 Å². The molecular weight excluding hydrogens is 384 g/mol. The predicted octanol–water partition coefficient (Wildman–Crippen LogP) is 8.09. The van der Waals surface area contributed by atoms with Crippen molar-refractivity contribution in [1.29, 1.82) is 0 Å². The molecule has 2 nitrogen and oxygen atoms in total. The number of carbonyl (C=O) groups excluding carboxylic acids is 1. The van der Waals surface area contributed by atoms with E-state index in [0.717, 1.165) is 25.3 Å². The maximum absolute atomic E-state index is 13.3. The Kier molecular flexibility index (Phi) is 12.6. The second kappa shape index (κ2) is 14.4. The first-order valence-electron chi connectivity index (χ1n) is 10.9. The summed E-state index contributed by atoms with van der Waals surface area (Å²) in [5, 5.41) is 0. The number of alkyl halides is 3. The Balaban J connectivity index is 2.07. The highest BCUT2D eigenvalue weighted by Gasteiger charge is 2.32. The van der Waals surface area contributed by atoms with Crippen LogP contribution < -0.4 is 0 Å². The largest absolute Gasteiger partial charge is 0.462 e. The summed E-state index contributed by atoms with van der Waals surface area (Å²) in [4.78, 5) is 11.8. The quantitative estimate of drug-likeness (QED) is 0.163. The van der Waals surface area contributed by atoms with E-state index in [-0.39, 0.29) is 6.61 Å². The van der Waals surface area contributed by atoms with E-state index in [9.17, 15) is 22.4 Å². The monoisotopic (exact) mass is 418 g/mol. The van der Waals surface area contributed by atoms with Gasteiger partial charge in [-0.25, -0.2) is 9.18 Å². The second-order valence-electron chi connectivity index (χ2n) is 7.60. The van der Waals surface area contributed by atoms with Gasteiger partial charge in [0.25, 0.3) is 0 Å². The molecular formula is C23H34F4O2. The third-order valence-electron chi connectivity index (χ3n) is 4.94. The number of benzene rings is 1. The Labute approximate surface area is 172 Å². The summed E-state index contributed by atoms with van der Waals surface area (Å²) in [7, 11) is 0. The maximum Gasteiger partial charge on any atom is 0.416 e. The van der Waals surface area contributed by atoms with E-state index >= 15 is 0 Å². The molecule has 0 heterocycles. The van der Waals surface area contributed by atoms with Crippen molar-refractivity contribution in [2.24, 2.45) is 0 Å². The van der Waals surface area contributed by atoms with E-state index in [1.807, 2.05) is 0 Å². The third kappa shape index (κ3) is 11.9. The Hall–Kier alpha value is -1.59. The average Bonchev–Trinajstić information content (AvgIpc) is 2.67. The van der Waals surface area contributed by atoms with Crippen LogP contribution in [0.25, 0.3) is 0 Å². The lowest BCUT2D eigenvalue weighted by Gasteiger charge is -2.09. The van der Waals surface area contributed by atoms with E-state index in [2.05, 4.69) is 6.92 Å². The number of rotatable bonds is 15. The number of hydrogen-bond acceptors (Lipinski definition) is 2. The number of ether oxygens (including phenoxy) is 1. The van der Waals surface area contributed by atoms with Crippen molar-refractivity contribution in [2.45, 2.75) is 96.6 Å². The summed E-state index contributed by atoms with van der Waals surface area (Å²) in [6.07, 6.45) is 10.8. The van der Waals surface area contributed by atoms with Gasteiger partial charge in [0, 0.05) is 0 Å². The van der Waals surface area contributed by atoms with E-state index in [4.69, 9.17) is 4.74 Å². The van der Waals surface area contributed by atoms with Crippen LogP contribution in [0.15, 0.2) is 18.2 Å². The van der Waals surface area contributed by atoms with Crippen LogP contribution in [0.4, 0.5) is 17.6 Å². The Bertz CT molecular complexity index is 585. The Morgan fingerprint density at radius 1 is 0.793 bits per heavy atom. The van der Waals surface area contributed by atoms with Crippen molar-refractivity contribution >= 4 is 5.97 Å². The topological polar surface area (TPSA) is 26.3 Å². The number of esters is 1. The fourth-order valence-corrected chi connectivity index (χ4v) is 3.24. The molecule has 0 unspecified atom stereocenters. The van der Waals surface area contributed by atoms with E-state index in [1.165, 1.54) is 57.8 Å². The molecule has 0 radical (unpaired) electrons. The normalized spacial score (nSPS) is 11.6. The molecule has 0 aliphatic heterocycles. The van der Waals surface area contributed by atoms with Crippen LogP contribution in [0.2, 0.25) is 0 Å². The van der Waals surface area contributed by atoms with Gasteiger partial charge in [-0.05, 0) is 24.6 Å². The number of unbranched alkanes of at least 4 members (excludes halogenated alkanes) is 12. The highest BCUT2D eigenvalue weighted by molar-refractivity contribution is 5.89. The van der Waals surface area contributed by atoms with Gasteiger partial charge in [-0.15, -0.1) is 0 Å². The summed E-state index contributed by atoms with van der Waals surface area (Å²) in [6.45, 7) is 2.36. The summed E-state index contributed by atoms with van der Waals surface area (Å²) in [6, 6.07) is 1.75. The van der Waals surface area contributed by atoms with Crippen LogP contribution in [0.3, 0.4) is 0 Å². The van der Waals surface area contributed by atoms with Crippen LogP contribution in [0.5, 0.6) is 0 Å². The van der Waals surface area contributed by atoms with E-state index < -0.39 is 29.1 Å². The number of carbonyl (C=O) groups is 1. The lowest BCUT2D eigenvalue weighted by atomic mass is 10.0. The van der Waals surface area contributed by atoms with Crippen molar-refractivity contribution in [2.75, 3.05) is 6.61 Å². The van der Waals surface area contributed by atoms with E-state index in [0.29, 0.717) is 18.6 Å². The predicted molar refractivity (Wildman–Crippen MR) is 107 cm³/mol. The van der Waals surface area contributed by atoms with Crippen LogP contribution in [-0.4, -0.2) is 12.6 Å².